The van der Waals surface area contributed by atoms with Crippen LogP contribution in [0.4, 0.5) is 13.2 Å². The van der Waals surface area contributed by atoms with Crippen LogP contribution >= 0.6 is 0 Å². The van der Waals surface area contributed by atoms with Gasteiger partial charge >= 0.3 is 6.18 Å². The standard InChI is InChI=1S/C15H18F3NO/c16-15(17,18)11-3-8-14(19-9-11)10-1-4-12(5-2-10)20-13-6-7-13/h1-2,4-5,11,13-14,19H,3,6-9H2. The lowest BCUT2D eigenvalue weighted by Crippen LogP contribution is -2.40. The van der Waals surface area contributed by atoms with Crippen molar-refractivity contribution in [1.29, 1.82) is 0 Å². The summed E-state index contributed by atoms with van der Waals surface area (Å²) in [6.07, 6.45) is -0.773. The minimum atomic E-state index is -4.08. The summed E-state index contributed by atoms with van der Waals surface area (Å²) in [5.41, 5.74) is 1.04. The number of alkyl halides is 3. The first-order valence-electron chi connectivity index (χ1n) is 7.09. The van der Waals surface area contributed by atoms with E-state index in [-0.39, 0.29) is 19.0 Å². The normalized spacial score (nSPS) is 27.4. The molecule has 1 aliphatic heterocycles. The monoisotopic (exact) mass is 285 g/mol. The molecule has 2 aliphatic rings. The van der Waals surface area contributed by atoms with Gasteiger partial charge in [0.15, 0.2) is 0 Å². The van der Waals surface area contributed by atoms with Crippen LogP contribution in [0.15, 0.2) is 24.3 Å². The lowest BCUT2D eigenvalue weighted by Gasteiger charge is -2.31. The summed E-state index contributed by atoms with van der Waals surface area (Å²) >= 11 is 0. The summed E-state index contributed by atoms with van der Waals surface area (Å²) in [5, 5.41) is 3.00. The molecule has 2 nitrogen and oxygen atoms in total. The second kappa shape index (κ2) is 5.28. The van der Waals surface area contributed by atoms with E-state index in [2.05, 4.69) is 5.32 Å². The number of hydrogen-bond donors (Lipinski definition) is 1. The molecule has 1 heterocycles. The molecule has 3 rings (SSSR count). The Kier molecular flexibility index (Phi) is 3.63. The predicted octanol–water partition coefficient (Wildman–Crippen LogP) is 3.83. The van der Waals surface area contributed by atoms with Crippen molar-refractivity contribution in [2.24, 2.45) is 5.92 Å². The molecule has 1 N–H and O–H groups in total. The highest BCUT2D eigenvalue weighted by Crippen LogP contribution is 2.36. The number of halogens is 3. The quantitative estimate of drug-likeness (QED) is 0.911. The van der Waals surface area contributed by atoms with E-state index >= 15 is 0 Å². The summed E-state index contributed by atoms with van der Waals surface area (Å²) in [4.78, 5) is 0. The molecule has 2 atom stereocenters. The number of piperidine rings is 1. The Morgan fingerprint density at radius 3 is 2.20 bits per heavy atom. The second-order valence-corrected chi connectivity index (χ2v) is 5.66. The van der Waals surface area contributed by atoms with Gasteiger partial charge in [0.1, 0.15) is 5.75 Å². The Morgan fingerprint density at radius 1 is 1.00 bits per heavy atom. The molecule has 1 aromatic carbocycles. The van der Waals surface area contributed by atoms with Crippen molar-refractivity contribution in [2.75, 3.05) is 6.54 Å². The van der Waals surface area contributed by atoms with E-state index in [9.17, 15) is 13.2 Å². The number of hydrogen-bond acceptors (Lipinski definition) is 2. The summed E-state index contributed by atoms with van der Waals surface area (Å²) in [7, 11) is 0. The van der Waals surface area contributed by atoms with E-state index in [0.717, 1.165) is 24.2 Å². The molecule has 20 heavy (non-hydrogen) atoms. The molecule has 1 saturated heterocycles. The highest BCUT2D eigenvalue weighted by Gasteiger charge is 2.41. The predicted molar refractivity (Wildman–Crippen MR) is 69.6 cm³/mol. The number of benzene rings is 1. The number of ether oxygens (including phenoxy) is 1. The van der Waals surface area contributed by atoms with Crippen molar-refractivity contribution in [3.05, 3.63) is 29.8 Å². The first kappa shape index (κ1) is 13.7. The summed E-state index contributed by atoms with van der Waals surface area (Å²) < 4.78 is 43.4. The van der Waals surface area contributed by atoms with Crippen LogP contribution in [-0.2, 0) is 0 Å². The van der Waals surface area contributed by atoms with Crippen LogP contribution in [0.25, 0.3) is 0 Å². The highest BCUT2D eigenvalue weighted by molar-refractivity contribution is 5.30. The fourth-order valence-electron chi connectivity index (χ4n) is 2.58. The van der Waals surface area contributed by atoms with Gasteiger partial charge in [-0.3, -0.25) is 0 Å². The molecule has 0 bridgehead atoms. The van der Waals surface area contributed by atoms with Gasteiger partial charge in [0, 0.05) is 12.6 Å². The Hall–Kier alpha value is -1.23. The van der Waals surface area contributed by atoms with Gasteiger partial charge in [-0.25, -0.2) is 0 Å². The molecule has 5 heteroatoms. The summed E-state index contributed by atoms with van der Waals surface area (Å²) in [6, 6.07) is 7.73. The molecular formula is C15H18F3NO. The van der Waals surface area contributed by atoms with Crippen molar-refractivity contribution in [3.8, 4) is 5.75 Å². The van der Waals surface area contributed by atoms with Gasteiger partial charge in [-0.2, -0.15) is 13.2 Å². The van der Waals surface area contributed by atoms with Crippen molar-refractivity contribution >= 4 is 0 Å². The molecule has 1 aromatic rings. The third-order valence-corrected chi connectivity index (χ3v) is 3.99. The lowest BCUT2D eigenvalue weighted by molar-refractivity contribution is -0.179. The molecule has 2 fully saturated rings. The minimum Gasteiger partial charge on any atom is -0.490 e. The largest absolute Gasteiger partial charge is 0.490 e. The second-order valence-electron chi connectivity index (χ2n) is 5.66. The zero-order chi connectivity index (χ0) is 14.2. The zero-order valence-corrected chi connectivity index (χ0v) is 11.1. The molecule has 0 amide bonds. The van der Waals surface area contributed by atoms with Crippen LogP contribution in [-0.4, -0.2) is 18.8 Å². The van der Waals surface area contributed by atoms with Crippen LogP contribution in [0.3, 0.4) is 0 Å². The van der Waals surface area contributed by atoms with E-state index < -0.39 is 12.1 Å². The van der Waals surface area contributed by atoms with E-state index in [4.69, 9.17) is 4.74 Å². The third-order valence-electron chi connectivity index (χ3n) is 3.99. The Balaban J connectivity index is 1.57. The van der Waals surface area contributed by atoms with Gasteiger partial charge < -0.3 is 10.1 Å². The minimum absolute atomic E-state index is 0.00842. The molecule has 1 aliphatic carbocycles. The zero-order valence-electron chi connectivity index (χ0n) is 11.1. The van der Waals surface area contributed by atoms with Crippen LogP contribution in [0.5, 0.6) is 5.75 Å². The van der Waals surface area contributed by atoms with Gasteiger partial charge in [-0.15, -0.1) is 0 Å². The maximum Gasteiger partial charge on any atom is 0.393 e. The molecular weight excluding hydrogens is 267 g/mol. The SMILES string of the molecule is FC(F)(F)C1CCC(c2ccc(OC3CC3)cc2)NC1. The van der Waals surface area contributed by atoms with Gasteiger partial charge in [-0.1, -0.05) is 12.1 Å². The highest BCUT2D eigenvalue weighted by atomic mass is 19.4. The fraction of sp³-hybridized carbons (Fsp3) is 0.600. The van der Waals surface area contributed by atoms with E-state index in [1.54, 1.807) is 0 Å². The average molecular weight is 285 g/mol. The Morgan fingerprint density at radius 2 is 1.70 bits per heavy atom. The Bertz CT molecular complexity index is 445. The molecule has 110 valence electrons. The van der Waals surface area contributed by atoms with Crippen molar-refractivity contribution in [2.45, 2.75) is 44.0 Å². The third kappa shape index (κ3) is 3.26. The number of nitrogens with one attached hydrogen (secondary N) is 1. The number of rotatable bonds is 3. The maximum atomic E-state index is 12.6. The van der Waals surface area contributed by atoms with Crippen LogP contribution in [0.2, 0.25) is 0 Å². The summed E-state index contributed by atoms with van der Waals surface area (Å²) in [5.74, 6) is -0.364. The van der Waals surface area contributed by atoms with Gasteiger partial charge in [-0.05, 0) is 43.4 Å². The van der Waals surface area contributed by atoms with Crippen LogP contribution < -0.4 is 10.1 Å². The molecule has 0 radical (unpaired) electrons. The van der Waals surface area contributed by atoms with Crippen LogP contribution in [0, 0.1) is 5.92 Å². The smallest absolute Gasteiger partial charge is 0.393 e. The fourth-order valence-corrected chi connectivity index (χ4v) is 2.58. The topological polar surface area (TPSA) is 21.3 Å². The molecule has 0 spiro atoms. The van der Waals surface area contributed by atoms with Gasteiger partial charge in [0.2, 0.25) is 0 Å². The van der Waals surface area contributed by atoms with E-state index in [0.29, 0.717) is 12.5 Å². The maximum absolute atomic E-state index is 12.6. The first-order chi connectivity index (χ1) is 9.52. The first-order valence-corrected chi connectivity index (χ1v) is 7.09. The molecule has 0 aromatic heterocycles. The molecule has 1 saturated carbocycles. The van der Waals surface area contributed by atoms with Crippen molar-refractivity contribution in [3.63, 3.8) is 0 Å². The van der Waals surface area contributed by atoms with Crippen LogP contribution in [0.1, 0.15) is 37.3 Å². The van der Waals surface area contributed by atoms with E-state index in [1.807, 2.05) is 24.3 Å². The van der Waals surface area contributed by atoms with Gasteiger partial charge in [0.05, 0.1) is 12.0 Å². The van der Waals surface area contributed by atoms with Gasteiger partial charge in [0.25, 0.3) is 0 Å². The van der Waals surface area contributed by atoms with Crippen molar-refractivity contribution in [1.82, 2.24) is 5.32 Å². The average Bonchev–Trinajstić information content (AvgIpc) is 3.23. The van der Waals surface area contributed by atoms with E-state index in [1.165, 1.54) is 0 Å². The summed E-state index contributed by atoms with van der Waals surface area (Å²) in [6.45, 7) is 0.00842. The Labute approximate surface area is 116 Å². The van der Waals surface area contributed by atoms with Crippen molar-refractivity contribution < 1.29 is 17.9 Å². The molecule has 2 unspecified atom stereocenters. The lowest BCUT2D eigenvalue weighted by atomic mass is 9.90.